The van der Waals surface area contributed by atoms with E-state index in [0.29, 0.717) is 13.0 Å². The molecule has 3 aromatic heterocycles. The lowest BCUT2D eigenvalue weighted by atomic mass is 10.2. The molecule has 22 heavy (non-hydrogen) atoms. The SMILES string of the molecule is O=C(Cc1ccsc1)N1CCn2c(-c3cccs3)cnc2C1. The highest BCUT2D eigenvalue weighted by atomic mass is 32.1. The zero-order valence-electron chi connectivity index (χ0n) is 11.9. The molecular weight excluding hydrogens is 314 g/mol. The maximum Gasteiger partial charge on any atom is 0.227 e. The Kier molecular flexibility index (Phi) is 3.56. The van der Waals surface area contributed by atoms with Crippen LogP contribution in [0.1, 0.15) is 11.4 Å². The number of thiophene rings is 2. The molecule has 112 valence electrons. The highest BCUT2D eigenvalue weighted by Crippen LogP contribution is 2.27. The van der Waals surface area contributed by atoms with Crippen LogP contribution >= 0.6 is 22.7 Å². The molecule has 4 rings (SSSR count). The molecular formula is C16H15N3OS2. The highest BCUT2D eigenvalue weighted by molar-refractivity contribution is 7.13. The average Bonchev–Trinajstić information content (AvgIpc) is 3.27. The second kappa shape index (κ2) is 5.70. The average molecular weight is 329 g/mol. The van der Waals surface area contributed by atoms with Crippen molar-refractivity contribution in [2.24, 2.45) is 0 Å². The summed E-state index contributed by atoms with van der Waals surface area (Å²) in [5, 5.41) is 6.13. The normalized spacial score (nSPS) is 14.1. The number of hydrogen-bond donors (Lipinski definition) is 0. The lowest BCUT2D eigenvalue weighted by molar-refractivity contribution is -0.131. The Hall–Kier alpha value is -1.92. The standard InChI is InChI=1S/C16H15N3OS2/c20-16(8-12-3-7-21-11-12)18-4-5-19-13(9-17-15(19)10-18)14-2-1-6-22-14/h1-3,6-7,9,11H,4-5,8,10H2. The first-order chi connectivity index (χ1) is 10.8. The van der Waals surface area contributed by atoms with Gasteiger partial charge in [-0.15, -0.1) is 11.3 Å². The first-order valence-electron chi connectivity index (χ1n) is 7.18. The van der Waals surface area contributed by atoms with Crippen molar-refractivity contribution in [3.8, 4) is 10.6 Å². The summed E-state index contributed by atoms with van der Waals surface area (Å²) in [5.41, 5.74) is 2.26. The molecule has 4 heterocycles. The van der Waals surface area contributed by atoms with Gasteiger partial charge in [0.15, 0.2) is 0 Å². The quantitative estimate of drug-likeness (QED) is 0.740. The van der Waals surface area contributed by atoms with Crippen LogP contribution < -0.4 is 0 Å². The number of rotatable bonds is 3. The van der Waals surface area contributed by atoms with Crippen LogP contribution in [-0.2, 0) is 24.3 Å². The molecule has 0 saturated heterocycles. The highest BCUT2D eigenvalue weighted by Gasteiger charge is 2.24. The van der Waals surface area contributed by atoms with Gasteiger partial charge in [0.25, 0.3) is 0 Å². The number of hydrogen-bond acceptors (Lipinski definition) is 4. The second-order valence-electron chi connectivity index (χ2n) is 5.31. The van der Waals surface area contributed by atoms with Crippen LogP contribution in [0.15, 0.2) is 40.5 Å². The topological polar surface area (TPSA) is 38.1 Å². The summed E-state index contributed by atoms with van der Waals surface area (Å²) in [6.07, 6.45) is 2.41. The molecule has 0 saturated carbocycles. The third-order valence-electron chi connectivity index (χ3n) is 3.93. The molecule has 1 amide bonds. The fraction of sp³-hybridized carbons (Fsp3) is 0.250. The molecule has 6 heteroatoms. The number of amides is 1. The minimum Gasteiger partial charge on any atom is -0.333 e. The summed E-state index contributed by atoms with van der Waals surface area (Å²) in [5.74, 6) is 1.17. The van der Waals surface area contributed by atoms with Gasteiger partial charge in [0.05, 0.1) is 29.7 Å². The minimum absolute atomic E-state index is 0.185. The van der Waals surface area contributed by atoms with Gasteiger partial charge in [-0.3, -0.25) is 4.79 Å². The van der Waals surface area contributed by atoms with Crippen molar-refractivity contribution in [2.45, 2.75) is 19.5 Å². The van der Waals surface area contributed by atoms with Crippen LogP contribution in [0, 0.1) is 0 Å². The smallest absolute Gasteiger partial charge is 0.227 e. The fourth-order valence-corrected chi connectivity index (χ4v) is 4.19. The molecule has 0 unspecified atom stereocenters. The van der Waals surface area contributed by atoms with Gasteiger partial charge in [0, 0.05) is 13.1 Å². The van der Waals surface area contributed by atoms with E-state index in [1.807, 2.05) is 27.9 Å². The van der Waals surface area contributed by atoms with E-state index in [0.717, 1.165) is 30.2 Å². The predicted molar refractivity (Wildman–Crippen MR) is 89.0 cm³/mol. The molecule has 0 radical (unpaired) electrons. The summed E-state index contributed by atoms with van der Waals surface area (Å²) in [7, 11) is 0. The zero-order valence-corrected chi connectivity index (χ0v) is 13.6. The Bertz CT molecular complexity index is 775. The Morgan fingerprint density at radius 1 is 1.27 bits per heavy atom. The Labute approximate surface area is 136 Å². The predicted octanol–water partition coefficient (Wildman–Crippen LogP) is 3.26. The van der Waals surface area contributed by atoms with E-state index in [9.17, 15) is 4.79 Å². The number of aromatic nitrogens is 2. The van der Waals surface area contributed by atoms with E-state index >= 15 is 0 Å². The lowest BCUT2D eigenvalue weighted by Crippen LogP contribution is -2.39. The van der Waals surface area contributed by atoms with E-state index in [1.165, 1.54) is 4.88 Å². The molecule has 4 nitrogen and oxygen atoms in total. The summed E-state index contributed by atoms with van der Waals surface area (Å²) < 4.78 is 2.24. The summed E-state index contributed by atoms with van der Waals surface area (Å²) >= 11 is 3.36. The molecule has 1 aliphatic heterocycles. The first-order valence-corrected chi connectivity index (χ1v) is 9.00. The van der Waals surface area contributed by atoms with Crippen LogP contribution in [0.3, 0.4) is 0 Å². The van der Waals surface area contributed by atoms with Crippen LogP contribution in [0.2, 0.25) is 0 Å². The molecule has 0 spiro atoms. The van der Waals surface area contributed by atoms with Crippen molar-refractivity contribution < 1.29 is 4.79 Å². The number of carbonyl (C=O) groups is 1. The molecule has 1 aliphatic rings. The maximum atomic E-state index is 12.4. The van der Waals surface area contributed by atoms with E-state index in [2.05, 4.69) is 27.1 Å². The van der Waals surface area contributed by atoms with Crippen LogP contribution in [-0.4, -0.2) is 26.9 Å². The molecule has 0 aliphatic carbocycles. The van der Waals surface area contributed by atoms with Gasteiger partial charge in [-0.2, -0.15) is 11.3 Å². The van der Waals surface area contributed by atoms with Gasteiger partial charge in [-0.25, -0.2) is 4.98 Å². The maximum absolute atomic E-state index is 12.4. The fourth-order valence-electron chi connectivity index (χ4n) is 2.77. The number of carbonyl (C=O) groups excluding carboxylic acids is 1. The third kappa shape index (κ3) is 2.48. The summed E-state index contributed by atoms with van der Waals surface area (Å²) in [6, 6.07) is 6.19. The monoisotopic (exact) mass is 329 g/mol. The van der Waals surface area contributed by atoms with Crippen molar-refractivity contribution >= 4 is 28.6 Å². The van der Waals surface area contributed by atoms with Crippen molar-refractivity contribution in [3.05, 3.63) is 51.9 Å². The van der Waals surface area contributed by atoms with Crippen molar-refractivity contribution in [1.29, 1.82) is 0 Å². The third-order valence-corrected chi connectivity index (χ3v) is 5.55. The number of fused-ring (bicyclic) bond motifs is 1. The van der Waals surface area contributed by atoms with E-state index in [4.69, 9.17) is 0 Å². The molecule has 0 fully saturated rings. The molecule has 0 bridgehead atoms. The van der Waals surface area contributed by atoms with E-state index < -0.39 is 0 Å². The Morgan fingerprint density at radius 2 is 2.23 bits per heavy atom. The zero-order chi connectivity index (χ0) is 14.9. The molecule has 0 aromatic carbocycles. The Balaban J connectivity index is 1.52. The minimum atomic E-state index is 0.185. The van der Waals surface area contributed by atoms with Crippen molar-refractivity contribution in [2.75, 3.05) is 6.54 Å². The van der Waals surface area contributed by atoms with Gasteiger partial charge in [0.1, 0.15) is 5.82 Å². The second-order valence-corrected chi connectivity index (χ2v) is 7.04. The summed E-state index contributed by atoms with van der Waals surface area (Å²) in [6.45, 7) is 2.18. The first kappa shape index (κ1) is 13.7. The van der Waals surface area contributed by atoms with Crippen LogP contribution in [0.4, 0.5) is 0 Å². The van der Waals surface area contributed by atoms with Crippen LogP contribution in [0.5, 0.6) is 0 Å². The Morgan fingerprint density at radius 3 is 3.00 bits per heavy atom. The van der Waals surface area contributed by atoms with Crippen molar-refractivity contribution in [3.63, 3.8) is 0 Å². The van der Waals surface area contributed by atoms with E-state index in [1.54, 1.807) is 22.7 Å². The molecule has 3 aromatic rings. The van der Waals surface area contributed by atoms with Crippen LogP contribution in [0.25, 0.3) is 10.6 Å². The van der Waals surface area contributed by atoms with Gasteiger partial charge in [-0.05, 0) is 33.8 Å². The number of nitrogens with zero attached hydrogens (tertiary/aromatic N) is 3. The van der Waals surface area contributed by atoms with Gasteiger partial charge in [-0.1, -0.05) is 6.07 Å². The lowest BCUT2D eigenvalue weighted by Gasteiger charge is -2.28. The number of imidazole rings is 1. The molecule has 0 atom stereocenters. The largest absolute Gasteiger partial charge is 0.333 e. The van der Waals surface area contributed by atoms with E-state index in [-0.39, 0.29) is 5.91 Å². The van der Waals surface area contributed by atoms with Gasteiger partial charge < -0.3 is 9.47 Å². The van der Waals surface area contributed by atoms with Gasteiger partial charge in [0.2, 0.25) is 5.91 Å². The molecule has 0 N–H and O–H groups in total. The summed E-state index contributed by atoms with van der Waals surface area (Å²) in [4.78, 5) is 20.1. The van der Waals surface area contributed by atoms with Gasteiger partial charge >= 0.3 is 0 Å². The van der Waals surface area contributed by atoms with Crippen molar-refractivity contribution in [1.82, 2.24) is 14.5 Å².